The lowest BCUT2D eigenvalue weighted by atomic mass is 9.97. The number of hydrogen-bond acceptors (Lipinski definition) is 4. The van der Waals surface area contributed by atoms with E-state index in [0.717, 1.165) is 17.2 Å². The summed E-state index contributed by atoms with van der Waals surface area (Å²) in [4.78, 5) is 13.3. The Morgan fingerprint density at radius 2 is 2.08 bits per heavy atom. The molecule has 0 saturated heterocycles. The third kappa shape index (κ3) is 2.83. The molecule has 1 heterocycles. The van der Waals surface area contributed by atoms with Gasteiger partial charge in [-0.15, -0.1) is 0 Å². The van der Waals surface area contributed by atoms with Crippen molar-refractivity contribution in [3.05, 3.63) is 59.2 Å². The van der Waals surface area contributed by atoms with Crippen molar-refractivity contribution in [2.45, 2.75) is 19.0 Å². The summed E-state index contributed by atoms with van der Waals surface area (Å²) in [7, 11) is 1.66. The smallest absolute Gasteiger partial charge is 0.267 e. The van der Waals surface area contributed by atoms with Crippen LogP contribution >= 0.6 is 0 Å². The average molecular weight is 333 g/mol. The van der Waals surface area contributed by atoms with Gasteiger partial charge >= 0.3 is 0 Å². The Hall–Kier alpha value is -2.51. The van der Waals surface area contributed by atoms with Crippen LogP contribution in [0.15, 0.2) is 36.4 Å². The molecule has 0 radical (unpaired) electrons. The highest BCUT2D eigenvalue weighted by molar-refractivity contribution is 5.98. The number of amides is 1. The maximum atomic E-state index is 13.9. The van der Waals surface area contributed by atoms with Crippen LogP contribution in [0.3, 0.4) is 0 Å². The van der Waals surface area contributed by atoms with E-state index in [0.29, 0.717) is 23.7 Å². The summed E-state index contributed by atoms with van der Waals surface area (Å²) < 4.78 is 27.2. The Labute approximate surface area is 137 Å². The second-order valence-electron chi connectivity index (χ2n) is 5.85. The van der Waals surface area contributed by atoms with Crippen molar-refractivity contribution in [3.8, 4) is 0 Å². The molecular weight excluding hydrogens is 316 g/mol. The fourth-order valence-corrected chi connectivity index (χ4v) is 2.85. The summed E-state index contributed by atoms with van der Waals surface area (Å²) in [6.07, 6.45) is 0.317. The van der Waals surface area contributed by atoms with Gasteiger partial charge < -0.3 is 10.6 Å². The minimum atomic E-state index is -0.898. The van der Waals surface area contributed by atoms with Crippen LogP contribution < -0.4 is 15.7 Å². The van der Waals surface area contributed by atoms with E-state index in [4.69, 9.17) is 5.73 Å². The minimum Gasteiger partial charge on any atom is -0.368 e. The first-order valence-electron chi connectivity index (χ1n) is 7.44. The summed E-state index contributed by atoms with van der Waals surface area (Å²) in [6, 6.07) is 8.37. The zero-order valence-electron chi connectivity index (χ0n) is 13.0. The Morgan fingerprint density at radius 1 is 1.33 bits per heavy atom. The Bertz CT molecular complexity index is 797. The van der Waals surface area contributed by atoms with Gasteiger partial charge in [-0.2, -0.15) is 5.06 Å². The van der Waals surface area contributed by atoms with Crippen LogP contribution in [0.2, 0.25) is 0 Å². The summed E-state index contributed by atoms with van der Waals surface area (Å²) >= 11 is 0. The predicted octanol–water partition coefficient (Wildman–Crippen LogP) is 2.21. The standard InChI is InChI=1S/C17H17F2N3O2/c1-21(15-4-2-3-12(18)16(15)19)9-10-5-6-14-11(7-10)8-13(20)17(23)22(14)24/h2-7,13,24H,8-9,20H2,1H3/t13-/m0/s1. The maximum absolute atomic E-state index is 13.9. The van der Waals surface area contributed by atoms with Gasteiger partial charge in [-0.05, 0) is 35.7 Å². The van der Waals surface area contributed by atoms with Crippen molar-refractivity contribution >= 4 is 17.3 Å². The number of fused-ring (bicyclic) bond motifs is 1. The molecular formula is C17H17F2N3O2. The average Bonchev–Trinajstić information content (AvgIpc) is 2.55. The third-order valence-corrected chi connectivity index (χ3v) is 4.10. The van der Waals surface area contributed by atoms with Crippen LogP contribution in [-0.4, -0.2) is 24.2 Å². The van der Waals surface area contributed by atoms with Crippen LogP contribution in [0.5, 0.6) is 0 Å². The molecule has 5 nitrogen and oxygen atoms in total. The lowest BCUT2D eigenvalue weighted by Crippen LogP contribution is -2.47. The van der Waals surface area contributed by atoms with E-state index in [1.54, 1.807) is 30.1 Å². The zero-order valence-corrected chi connectivity index (χ0v) is 13.0. The lowest BCUT2D eigenvalue weighted by molar-refractivity contribution is -0.125. The summed E-state index contributed by atoms with van der Waals surface area (Å²) in [5.41, 5.74) is 7.82. The number of carbonyl (C=O) groups excluding carboxylic acids is 1. The van der Waals surface area contributed by atoms with Gasteiger partial charge in [0.1, 0.15) is 0 Å². The van der Waals surface area contributed by atoms with E-state index in [1.165, 1.54) is 12.1 Å². The van der Waals surface area contributed by atoms with Gasteiger partial charge in [0.05, 0.1) is 17.4 Å². The molecule has 1 atom stereocenters. The predicted molar refractivity (Wildman–Crippen MR) is 85.9 cm³/mol. The largest absolute Gasteiger partial charge is 0.368 e. The molecule has 0 aliphatic carbocycles. The quantitative estimate of drug-likeness (QED) is 0.845. The molecule has 0 fully saturated rings. The van der Waals surface area contributed by atoms with Crippen molar-refractivity contribution in [2.24, 2.45) is 5.73 Å². The number of hydroxylamine groups is 1. The number of nitrogens with zero attached hydrogens (tertiary/aromatic N) is 2. The van der Waals surface area contributed by atoms with Crippen LogP contribution in [0.25, 0.3) is 0 Å². The van der Waals surface area contributed by atoms with Gasteiger partial charge in [-0.3, -0.25) is 10.0 Å². The van der Waals surface area contributed by atoms with Gasteiger partial charge in [-0.25, -0.2) is 8.78 Å². The van der Waals surface area contributed by atoms with E-state index in [-0.39, 0.29) is 5.69 Å². The minimum absolute atomic E-state index is 0.156. The molecule has 0 unspecified atom stereocenters. The van der Waals surface area contributed by atoms with E-state index < -0.39 is 23.6 Å². The number of hydrogen-bond donors (Lipinski definition) is 2. The number of nitrogens with two attached hydrogens (primary N) is 1. The molecule has 0 bridgehead atoms. The Kier molecular flexibility index (Phi) is 4.21. The van der Waals surface area contributed by atoms with Gasteiger partial charge in [0.15, 0.2) is 11.6 Å². The van der Waals surface area contributed by atoms with Crippen molar-refractivity contribution in [2.75, 3.05) is 17.0 Å². The highest BCUT2D eigenvalue weighted by Crippen LogP contribution is 2.28. The molecule has 2 aromatic rings. The number of carbonyl (C=O) groups is 1. The molecule has 7 heteroatoms. The summed E-state index contributed by atoms with van der Waals surface area (Å²) in [5, 5.41) is 10.4. The normalized spacial score (nSPS) is 17.0. The molecule has 1 amide bonds. The van der Waals surface area contributed by atoms with Crippen LogP contribution in [-0.2, 0) is 17.8 Å². The van der Waals surface area contributed by atoms with Crippen LogP contribution in [0.4, 0.5) is 20.2 Å². The first kappa shape index (κ1) is 16.4. The number of rotatable bonds is 3. The van der Waals surface area contributed by atoms with E-state index >= 15 is 0 Å². The monoisotopic (exact) mass is 333 g/mol. The maximum Gasteiger partial charge on any atom is 0.267 e. The Morgan fingerprint density at radius 3 is 2.83 bits per heavy atom. The fraction of sp³-hybridized carbons (Fsp3) is 0.235. The fourth-order valence-electron chi connectivity index (χ4n) is 2.85. The molecule has 0 aromatic heterocycles. The van der Waals surface area contributed by atoms with Crippen molar-refractivity contribution in [1.82, 2.24) is 0 Å². The first-order chi connectivity index (χ1) is 11.4. The number of halogens is 2. The molecule has 2 aromatic carbocycles. The van der Waals surface area contributed by atoms with Gasteiger partial charge in [0.25, 0.3) is 5.91 Å². The summed E-state index contributed by atoms with van der Waals surface area (Å²) in [5.74, 6) is -2.34. The third-order valence-electron chi connectivity index (χ3n) is 4.10. The van der Waals surface area contributed by atoms with Crippen LogP contribution in [0, 0.1) is 11.6 Å². The topological polar surface area (TPSA) is 69.8 Å². The first-order valence-corrected chi connectivity index (χ1v) is 7.44. The summed E-state index contributed by atoms with van der Waals surface area (Å²) in [6.45, 7) is 0.336. The van der Waals surface area contributed by atoms with Gasteiger partial charge in [-0.1, -0.05) is 18.2 Å². The molecule has 126 valence electrons. The van der Waals surface area contributed by atoms with Crippen molar-refractivity contribution in [1.29, 1.82) is 0 Å². The van der Waals surface area contributed by atoms with Crippen molar-refractivity contribution < 1.29 is 18.8 Å². The molecule has 1 aliphatic heterocycles. The van der Waals surface area contributed by atoms with E-state index in [2.05, 4.69) is 0 Å². The van der Waals surface area contributed by atoms with Gasteiger partial charge in [0, 0.05) is 13.6 Å². The van der Waals surface area contributed by atoms with Gasteiger partial charge in [0.2, 0.25) is 0 Å². The second-order valence-corrected chi connectivity index (χ2v) is 5.85. The van der Waals surface area contributed by atoms with Crippen molar-refractivity contribution in [3.63, 3.8) is 0 Å². The SMILES string of the molecule is CN(Cc1ccc2c(c1)C[C@H](N)C(=O)N2O)c1cccc(F)c1F. The number of benzene rings is 2. The molecule has 24 heavy (non-hydrogen) atoms. The zero-order chi connectivity index (χ0) is 17.4. The second kappa shape index (κ2) is 6.18. The Balaban J connectivity index is 1.85. The molecule has 1 aliphatic rings. The highest BCUT2D eigenvalue weighted by Gasteiger charge is 2.29. The molecule has 0 spiro atoms. The van der Waals surface area contributed by atoms with E-state index in [9.17, 15) is 18.8 Å². The van der Waals surface area contributed by atoms with Crippen LogP contribution in [0.1, 0.15) is 11.1 Å². The van der Waals surface area contributed by atoms with E-state index in [1.807, 2.05) is 0 Å². The highest BCUT2D eigenvalue weighted by atomic mass is 19.2. The molecule has 3 N–H and O–H groups in total. The molecule has 3 rings (SSSR count). The number of anilines is 2. The molecule has 0 saturated carbocycles. The lowest BCUT2D eigenvalue weighted by Gasteiger charge is -2.28.